The number of benzene rings is 1. The van der Waals surface area contributed by atoms with Gasteiger partial charge in [0.15, 0.2) is 0 Å². The molecule has 116 valence electrons. The zero-order valence-corrected chi connectivity index (χ0v) is 12.9. The monoisotopic (exact) mass is 319 g/mol. The Bertz CT molecular complexity index is 644. The molecule has 0 amide bonds. The summed E-state index contributed by atoms with van der Waals surface area (Å²) in [5.41, 5.74) is 1.65. The number of halogens is 1. The van der Waals surface area contributed by atoms with E-state index >= 15 is 0 Å². The number of aliphatic carboxylic acids is 1. The first kappa shape index (κ1) is 15.2. The first-order chi connectivity index (χ1) is 10.7. The minimum absolute atomic E-state index is 0.213. The number of carboxylic acid groups (broad SMARTS) is 1. The maximum absolute atomic E-state index is 14.3. The fraction of sp³-hybridized carbons (Fsp3) is 0.353. The fourth-order valence-electron chi connectivity index (χ4n) is 3.16. The molecular formula is C17H18FNO2S. The van der Waals surface area contributed by atoms with Crippen LogP contribution >= 0.6 is 11.3 Å². The summed E-state index contributed by atoms with van der Waals surface area (Å²) < 4.78 is 14.3. The summed E-state index contributed by atoms with van der Waals surface area (Å²) in [4.78, 5) is 13.4. The number of rotatable bonds is 4. The molecule has 1 aliphatic heterocycles. The van der Waals surface area contributed by atoms with Crippen molar-refractivity contribution in [2.75, 3.05) is 13.1 Å². The average Bonchev–Trinajstić information content (AvgIpc) is 3.04. The molecule has 0 radical (unpaired) electrons. The summed E-state index contributed by atoms with van der Waals surface area (Å²) in [6, 6.07) is 8.55. The summed E-state index contributed by atoms with van der Waals surface area (Å²) in [7, 11) is 0. The predicted molar refractivity (Wildman–Crippen MR) is 84.5 cm³/mol. The molecule has 1 aromatic carbocycles. The molecule has 0 aliphatic carbocycles. The summed E-state index contributed by atoms with van der Waals surface area (Å²) in [6.07, 6.45) is 1.52. The van der Waals surface area contributed by atoms with E-state index in [0.29, 0.717) is 18.5 Å². The lowest BCUT2D eigenvalue weighted by atomic mass is 9.92. The Morgan fingerprint density at radius 2 is 2.18 bits per heavy atom. The summed E-state index contributed by atoms with van der Waals surface area (Å²) in [6.45, 7) is 1.25. The van der Waals surface area contributed by atoms with Gasteiger partial charge in [0, 0.05) is 12.1 Å². The maximum atomic E-state index is 14.3. The van der Waals surface area contributed by atoms with E-state index in [1.54, 1.807) is 23.5 Å². The minimum atomic E-state index is -0.762. The lowest BCUT2D eigenvalue weighted by Crippen LogP contribution is -2.41. The van der Waals surface area contributed by atoms with Crippen molar-refractivity contribution in [1.82, 2.24) is 4.90 Å². The highest BCUT2D eigenvalue weighted by molar-refractivity contribution is 7.08. The van der Waals surface area contributed by atoms with Crippen LogP contribution in [0, 0.1) is 11.7 Å². The van der Waals surface area contributed by atoms with Gasteiger partial charge < -0.3 is 5.11 Å². The Hall–Kier alpha value is -1.72. The Morgan fingerprint density at radius 1 is 1.36 bits per heavy atom. The molecular weight excluding hydrogens is 301 g/mol. The van der Waals surface area contributed by atoms with E-state index in [1.165, 1.54) is 6.07 Å². The van der Waals surface area contributed by atoms with Gasteiger partial charge in [-0.15, -0.1) is 0 Å². The number of hydrogen-bond acceptors (Lipinski definition) is 3. The van der Waals surface area contributed by atoms with E-state index in [9.17, 15) is 14.3 Å². The smallest absolute Gasteiger partial charge is 0.307 e. The van der Waals surface area contributed by atoms with Gasteiger partial charge in [0.05, 0.1) is 12.0 Å². The molecule has 1 saturated heterocycles. The van der Waals surface area contributed by atoms with Crippen LogP contribution in [0.5, 0.6) is 0 Å². The largest absolute Gasteiger partial charge is 0.481 e. The zero-order valence-electron chi connectivity index (χ0n) is 12.1. The Labute approximate surface area is 133 Å². The molecule has 1 aliphatic rings. The van der Waals surface area contributed by atoms with Crippen molar-refractivity contribution in [3.63, 3.8) is 0 Å². The number of likely N-dealkylation sites (tertiary alicyclic amines) is 1. The van der Waals surface area contributed by atoms with Crippen LogP contribution in [0.25, 0.3) is 0 Å². The van der Waals surface area contributed by atoms with Crippen LogP contribution < -0.4 is 0 Å². The summed E-state index contributed by atoms with van der Waals surface area (Å²) in [5.74, 6) is -1.37. The number of carbonyl (C=O) groups is 1. The molecule has 22 heavy (non-hydrogen) atoms. The van der Waals surface area contributed by atoms with Crippen molar-refractivity contribution in [1.29, 1.82) is 0 Å². The number of hydrogen-bond donors (Lipinski definition) is 1. The van der Waals surface area contributed by atoms with Crippen LogP contribution in [-0.4, -0.2) is 29.1 Å². The maximum Gasteiger partial charge on any atom is 0.307 e. The Morgan fingerprint density at radius 3 is 2.86 bits per heavy atom. The molecule has 1 fully saturated rings. The summed E-state index contributed by atoms with van der Waals surface area (Å²) >= 11 is 1.57. The van der Waals surface area contributed by atoms with Crippen molar-refractivity contribution in [3.05, 3.63) is 58.0 Å². The first-order valence-corrected chi connectivity index (χ1v) is 8.34. The van der Waals surface area contributed by atoms with Gasteiger partial charge in [-0.3, -0.25) is 9.69 Å². The quantitative estimate of drug-likeness (QED) is 0.932. The molecule has 2 unspecified atom stereocenters. The highest BCUT2D eigenvalue weighted by atomic mass is 32.1. The Kier molecular flexibility index (Phi) is 4.55. The molecule has 0 bridgehead atoms. The second-order valence-corrected chi connectivity index (χ2v) is 6.43. The number of carboxylic acids is 1. The van der Waals surface area contributed by atoms with Crippen LogP contribution in [0.15, 0.2) is 41.1 Å². The van der Waals surface area contributed by atoms with E-state index in [4.69, 9.17) is 0 Å². The SMILES string of the molecule is O=C(O)C1CCCN(C(c2ccsc2)c2ccccc2F)C1. The van der Waals surface area contributed by atoms with Crippen LogP contribution in [0.3, 0.4) is 0 Å². The molecule has 5 heteroatoms. The second-order valence-electron chi connectivity index (χ2n) is 5.65. The molecule has 1 aromatic heterocycles. The molecule has 0 saturated carbocycles. The van der Waals surface area contributed by atoms with Crippen molar-refractivity contribution >= 4 is 17.3 Å². The molecule has 3 rings (SSSR count). The third kappa shape index (κ3) is 3.05. The van der Waals surface area contributed by atoms with Gasteiger partial charge in [-0.25, -0.2) is 4.39 Å². The topological polar surface area (TPSA) is 40.5 Å². The zero-order chi connectivity index (χ0) is 15.5. The van der Waals surface area contributed by atoms with Crippen molar-refractivity contribution < 1.29 is 14.3 Å². The van der Waals surface area contributed by atoms with E-state index in [2.05, 4.69) is 4.90 Å². The molecule has 0 spiro atoms. The third-order valence-corrected chi connectivity index (χ3v) is 4.93. The Balaban J connectivity index is 1.96. The van der Waals surface area contributed by atoms with Gasteiger partial charge in [0.1, 0.15) is 5.82 Å². The molecule has 2 aromatic rings. The lowest BCUT2D eigenvalue weighted by Gasteiger charge is -2.37. The van der Waals surface area contributed by atoms with E-state index < -0.39 is 5.97 Å². The van der Waals surface area contributed by atoms with Crippen molar-refractivity contribution in [3.8, 4) is 0 Å². The van der Waals surface area contributed by atoms with Crippen LogP contribution in [-0.2, 0) is 4.79 Å². The molecule has 2 heterocycles. The normalized spacial score (nSPS) is 20.7. The predicted octanol–water partition coefficient (Wildman–Crippen LogP) is 3.77. The molecule has 1 N–H and O–H groups in total. The minimum Gasteiger partial charge on any atom is -0.481 e. The van der Waals surface area contributed by atoms with Gasteiger partial charge in [0.2, 0.25) is 0 Å². The van der Waals surface area contributed by atoms with E-state index in [1.807, 2.05) is 22.9 Å². The van der Waals surface area contributed by atoms with Gasteiger partial charge >= 0.3 is 5.97 Å². The number of nitrogens with zero attached hydrogens (tertiary/aromatic N) is 1. The van der Waals surface area contributed by atoms with Gasteiger partial charge in [-0.2, -0.15) is 11.3 Å². The average molecular weight is 319 g/mol. The van der Waals surface area contributed by atoms with Gasteiger partial charge in [-0.05, 0) is 47.8 Å². The lowest BCUT2D eigenvalue weighted by molar-refractivity contribution is -0.143. The van der Waals surface area contributed by atoms with Crippen molar-refractivity contribution in [2.24, 2.45) is 5.92 Å². The van der Waals surface area contributed by atoms with Crippen molar-refractivity contribution in [2.45, 2.75) is 18.9 Å². The van der Waals surface area contributed by atoms with Crippen LogP contribution in [0.2, 0.25) is 0 Å². The molecule has 3 nitrogen and oxygen atoms in total. The van der Waals surface area contributed by atoms with Crippen LogP contribution in [0.1, 0.15) is 30.0 Å². The van der Waals surface area contributed by atoms with Gasteiger partial charge in [0.25, 0.3) is 0 Å². The third-order valence-electron chi connectivity index (χ3n) is 4.23. The number of thiophene rings is 1. The highest BCUT2D eigenvalue weighted by Crippen LogP contribution is 2.34. The summed E-state index contributed by atoms with van der Waals surface area (Å²) in [5, 5.41) is 13.3. The fourth-order valence-corrected chi connectivity index (χ4v) is 3.84. The molecule has 2 atom stereocenters. The standard InChI is InChI=1S/C17H18FNO2S/c18-15-6-2-1-5-14(15)16(13-7-9-22-11-13)19-8-3-4-12(10-19)17(20)21/h1-2,5-7,9,11-12,16H,3-4,8,10H2,(H,20,21). The highest BCUT2D eigenvalue weighted by Gasteiger charge is 2.32. The van der Waals surface area contributed by atoms with E-state index in [0.717, 1.165) is 18.5 Å². The number of piperidine rings is 1. The van der Waals surface area contributed by atoms with Crippen LogP contribution in [0.4, 0.5) is 4.39 Å². The first-order valence-electron chi connectivity index (χ1n) is 7.40. The van der Waals surface area contributed by atoms with E-state index in [-0.39, 0.29) is 17.8 Å². The second kappa shape index (κ2) is 6.58. The van der Waals surface area contributed by atoms with Gasteiger partial charge in [-0.1, -0.05) is 18.2 Å².